The number of aromatic amines is 1. The van der Waals surface area contributed by atoms with E-state index in [1.807, 2.05) is 24.3 Å². The van der Waals surface area contributed by atoms with E-state index in [9.17, 15) is 4.79 Å². The summed E-state index contributed by atoms with van der Waals surface area (Å²) in [7, 11) is 0. The number of imidazole rings is 1. The Morgan fingerprint density at radius 2 is 2.03 bits per heavy atom. The molecule has 30 heavy (non-hydrogen) atoms. The molecule has 1 fully saturated rings. The summed E-state index contributed by atoms with van der Waals surface area (Å²) in [5.41, 5.74) is 2.62. The average molecular weight is 406 g/mol. The first-order chi connectivity index (χ1) is 14.7. The van der Waals surface area contributed by atoms with Crippen molar-refractivity contribution in [2.75, 3.05) is 26.3 Å². The monoisotopic (exact) mass is 406 g/mol. The highest BCUT2D eigenvalue weighted by atomic mass is 16.6. The molecule has 1 saturated heterocycles. The molecule has 2 aliphatic rings. The van der Waals surface area contributed by atoms with Crippen molar-refractivity contribution < 1.29 is 14.3 Å². The molecule has 0 spiro atoms. The Morgan fingerprint density at radius 1 is 1.20 bits per heavy atom. The Labute approximate surface area is 175 Å². The summed E-state index contributed by atoms with van der Waals surface area (Å²) in [6, 6.07) is 13.7. The van der Waals surface area contributed by atoms with Crippen LogP contribution in [0.2, 0.25) is 0 Å². The first-order valence-electron chi connectivity index (χ1n) is 10.6. The minimum atomic E-state index is -0.0784. The van der Waals surface area contributed by atoms with E-state index in [-0.39, 0.29) is 18.0 Å². The number of H-pyrrole nitrogens is 1. The third kappa shape index (κ3) is 3.61. The number of aromatic nitrogens is 2. The molecule has 0 unspecified atom stereocenters. The summed E-state index contributed by atoms with van der Waals surface area (Å²) in [4.78, 5) is 23.6. The molecule has 2 aromatic carbocycles. The predicted octanol–water partition coefficient (Wildman–Crippen LogP) is 3.29. The Kier molecular flexibility index (Phi) is 5.04. The molecule has 3 heterocycles. The standard InChI is InChI=1S/C23H26N4O3/c1-2-27-10-9-16(14-19(27)22-25-17-5-3-4-6-18(17)26-22)24-23(28)15-7-8-20-21(13-15)30-12-11-29-20/h3-8,13,16,19H,2,9-12,14H2,1H3,(H,24,28)(H,25,26)/t16-,19-/m1/s1. The van der Waals surface area contributed by atoms with E-state index in [1.165, 1.54) is 0 Å². The Bertz CT molecular complexity index is 1030. The van der Waals surface area contributed by atoms with Crippen LogP contribution in [-0.4, -0.2) is 53.1 Å². The van der Waals surface area contributed by atoms with Gasteiger partial charge in [-0.3, -0.25) is 9.69 Å². The molecule has 0 radical (unpaired) electrons. The SMILES string of the molecule is CCN1CC[C@@H](NC(=O)c2ccc3c(c2)OCCO3)C[C@@H]1c1nc2ccccc2[nH]1. The molecular formula is C23H26N4O3. The van der Waals surface area contributed by atoms with Crippen molar-refractivity contribution >= 4 is 16.9 Å². The molecule has 156 valence electrons. The molecule has 1 aromatic heterocycles. The number of para-hydroxylation sites is 2. The highest BCUT2D eigenvalue weighted by Crippen LogP contribution is 2.32. The van der Waals surface area contributed by atoms with Crippen molar-refractivity contribution in [1.29, 1.82) is 0 Å². The number of piperidine rings is 1. The molecule has 7 nitrogen and oxygen atoms in total. The van der Waals surface area contributed by atoms with Crippen LogP contribution >= 0.6 is 0 Å². The van der Waals surface area contributed by atoms with Gasteiger partial charge >= 0.3 is 0 Å². The van der Waals surface area contributed by atoms with E-state index >= 15 is 0 Å². The number of likely N-dealkylation sites (tertiary alicyclic amines) is 1. The van der Waals surface area contributed by atoms with Gasteiger partial charge in [-0.2, -0.15) is 0 Å². The number of rotatable bonds is 4. The van der Waals surface area contributed by atoms with Gasteiger partial charge in [-0.25, -0.2) is 4.98 Å². The minimum absolute atomic E-state index is 0.0784. The van der Waals surface area contributed by atoms with Crippen LogP contribution in [0.25, 0.3) is 11.0 Å². The Morgan fingerprint density at radius 3 is 2.87 bits per heavy atom. The summed E-state index contributed by atoms with van der Waals surface area (Å²) in [6.07, 6.45) is 1.74. The van der Waals surface area contributed by atoms with E-state index in [2.05, 4.69) is 22.1 Å². The number of carbonyl (C=O) groups excluding carboxylic acids is 1. The second kappa shape index (κ2) is 7.99. The van der Waals surface area contributed by atoms with E-state index < -0.39 is 0 Å². The zero-order valence-corrected chi connectivity index (χ0v) is 17.1. The van der Waals surface area contributed by atoms with Crippen LogP contribution in [0, 0.1) is 0 Å². The lowest BCUT2D eigenvalue weighted by Crippen LogP contribution is -2.46. The molecule has 2 N–H and O–H groups in total. The molecule has 2 atom stereocenters. The zero-order chi connectivity index (χ0) is 20.5. The molecule has 2 aliphatic heterocycles. The van der Waals surface area contributed by atoms with Gasteiger partial charge in [0.1, 0.15) is 19.0 Å². The fraction of sp³-hybridized carbons (Fsp3) is 0.391. The first-order valence-corrected chi connectivity index (χ1v) is 10.6. The van der Waals surface area contributed by atoms with E-state index in [0.717, 1.165) is 42.8 Å². The number of ether oxygens (including phenoxy) is 2. The van der Waals surface area contributed by atoms with E-state index in [4.69, 9.17) is 14.5 Å². The molecule has 0 saturated carbocycles. The van der Waals surface area contributed by atoms with Crippen LogP contribution in [0.15, 0.2) is 42.5 Å². The lowest BCUT2D eigenvalue weighted by molar-refractivity contribution is 0.0859. The summed E-state index contributed by atoms with van der Waals surface area (Å²) in [6.45, 7) is 5.09. The van der Waals surface area contributed by atoms with Gasteiger partial charge in [0.15, 0.2) is 11.5 Å². The van der Waals surface area contributed by atoms with Gasteiger partial charge in [0.05, 0.1) is 17.1 Å². The molecule has 3 aromatic rings. The van der Waals surface area contributed by atoms with Crippen LogP contribution in [0.1, 0.15) is 42.0 Å². The van der Waals surface area contributed by atoms with Crippen molar-refractivity contribution in [3.63, 3.8) is 0 Å². The second-order valence-corrected chi connectivity index (χ2v) is 7.84. The number of amides is 1. The fourth-order valence-corrected chi connectivity index (χ4v) is 4.39. The van der Waals surface area contributed by atoms with Crippen LogP contribution in [-0.2, 0) is 0 Å². The number of carbonyl (C=O) groups is 1. The highest BCUT2D eigenvalue weighted by Gasteiger charge is 2.31. The van der Waals surface area contributed by atoms with Gasteiger partial charge < -0.3 is 19.8 Å². The third-order valence-corrected chi connectivity index (χ3v) is 5.98. The van der Waals surface area contributed by atoms with Gasteiger partial charge in [-0.1, -0.05) is 19.1 Å². The smallest absolute Gasteiger partial charge is 0.251 e. The Balaban J connectivity index is 1.32. The molecule has 5 rings (SSSR count). The lowest BCUT2D eigenvalue weighted by atomic mass is 9.96. The van der Waals surface area contributed by atoms with Gasteiger partial charge in [0, 0.05) is 18.2 Å². The molecule has 1 amide bonds. The second-order valence-electron chi connectivity index (χ2n) is 7.84. The van der Waals surface area contributed by atoms with Crippen LogP contribution in [0.5, 0.6) is 11.5 Å². The summed E-state index contributed by atoms with van der Waals surface area (Å²) < 4.78 is 11.2. The summed E-state index contributed by atoms with van der Waals surface area (Å²) >= 11 is 0. The number of nitrogens with one attached hydrogen (secondary N) is 2. The van der Waals surface area contributed by atoms with Gasteiger partial charge in [-0.05, 0) is 49.7 Å². The minimum Gasteiger partial charge on any atom is -0.486 e. The zero-order valence-electron chi connectivity index (χ0n) is 17.1. The molecule has 0 bridgehead atoms. The largest absolute Gasteiger partial charge is 0.486 e. The van der Waals surface area contributed by atoms with Crippen LogP contribution in [0.4, 0.5) is 0 Å². The maximum Gasteiger partial charge on any atom is 0.251 e. The van der Waals surface area contributed by atoms with Crippen LogP contribution < -0.4 is 14.8 Å². The maximum absolute atomic E-state index is 12.9. The normalized spacial score (nSPS) is 21.5. The van der Waals surface area contributed by atoms with Crippen molar-refractivity contribution in [3.8, 4) is 11.5 Å². The van der Waals surface area contributed by atoms with Crippen molar-refractivity contribution in [1.82, 2.24) is 20.2 Å². The van der Waals surface area contributed by atoms with Gasteiger partial charge in [0.25, 0.3) is 5.91 Å². The lowest BCUT2D eigenvalue weighted by Gasteiger charge is -2.38. The summed E-state index contributed by atoms with van der Waals surface area (Å²) in [5.74, 6) is 2.22. The van der Waals surface area contributed by atoms with Crippen molar-refractivity contribution in [3.05, 3.63) is 53.9 Å². The van der Waals surface area contributed by atoms with Gasteiger partial charge in [-0.15, -0.1) is 0 Å². The van der Waals surface area contributed by atoms with E-state index in [1.54, 1.807) is 18.2 Å². The molecule has 7 heteroatoms. The number of nitrogens with zero attached hydrogens (tertiary/aromatic N) is 2. The highest BCUT2D eigenvalue weighted by molar-refractivity contribution is 5.95. The maximum atomic E-state index is 12.9. The van der Waals surface area contributed by atoms with Crippen LogP contribution in [0.3, 0.4) is 0 Å². The quantitative estimate of drug-likeness (QED) is 0.695. The third-order valence-electron chi connectivity index (χ3n) is 5.98. The number of hydrogen-bond donors (Lipinski definition) is 2. The predicted molar refractivity (Wildman–Crippen MR) is 114 cm³/mol. The Hall–Kier alpha value is -3.06. The molecular weight excluding hydrogens is 380 g/mol. The summed E-state index contributed by atoms with van der Waals surface area (Å²) in [5, 5.41) is 3.22. The topological polar surface area (TPSA) is 79.5 Å². The van der Waals surface area contributed by atoms with E-state index in [0.29, 0.717) is 30.3 Å². The number of hydrogen-bond acceptors (Lipinski definition) is 5. The average Bonchev–Trinajstić information content (AvgIpc) is 3.23. The van der Waals surface area contributed by atoms with Crippen molar-refractivity contribution in [2.24, 2.45) is 0 Å². The number of benzene rings is 2. The fourth-order valence-electron chi connectivity index (χ4n) is 4.39. The van der Waals surface area contributed by atoms with Crippen molar-refractivity contribution in [2.45, 2.75) is 31.8 Å². The number of fused-ring (bicyclic) bond motifs is 2. The molecule has 0 aliphatic carbocycles. The van der Waals surface area contributed by atoms with Gasteiger partial charge in [0.2, 0.25) is 0 Å². The first kappa shape index (κ1) is 18.9.